The van der Waals surface area contributed by atoms with E-state index in [9.17, 15) is 8.42 Å². The molecule has 1 aromatic rings. The molecule has 92 valence electrons. The van der Waals surface area contributed by atoms with Crippen LogP contribution in [0.5, 0.6) is 0 Å². The molecule has 4 heteroatoms. The van der Waals surface area contributed by atoms with E-state index in [0.29, 0.717) is 17.5 Å². The fourth-order valence-corrected chi connectivity index (χ4v) is 3.77. The van der Waals surface area contributed by atoms with Gasteiger partial charge in [-0.15, -0.1) is 0 Å². The highest BCUT2D eigenvalue weighted by atomic mass is 32.2. The molecule has 2 rings (SSSR count). The van der Waals surface area contributed by atoms with E-state index in [4.69, 9.17) is 0 Å². The molecule has 0 saturated carbocycles. The smallest absolute Gasteiger partial charge is 0.201 e. The summed E-state index contributed by atoms with van der Waals surface area (Å²) < 4.78 is 24.0. The highest BCUT2D eigenvalue weighted by molar-refractivity contribution is 7.95. The van der Waals surface area contributed by atoms with Crippen molar-refractivity contribution in [1.82, 2.24) is 5.32 Å². The van der Waals surface area contributed by atoms with Gasteiger partial charge in [-0.05, 0) is 23.6 Å². The third kappa shape index (κ3) is 2.28. The lowest BCUT2D eigenvalue weighted by molar-refractivity contribution is 0.605. The maximum atomic E-state index is 12.0. The molecule has 1 aromatic carbocycles. The molecule has 1 aliphatic rings. The summed E-state index contributed by atoms with van der Waals surface area (Å²) in [4.78, 5) is 0.473. The largest absolute Gasteiger partial charge is 0.310 e. The number of fused-ring (bicyclic) bond motifs is 1. The average molecular weight is 251 g/mol. The van der Waals surface area contributed by atoms with Gasteiger partial charge in [-0.3, -0.25) is 0 Å². The third-order valence-electron chi connectivity index (χ3n) is 2.84. The molecule has 0 fully saturated rings. The molecule has 0 aromatic heterocycles. The van der Waals surface area contributed by atoms with E-state index < -0.39 is 9.84 Å². The monoisotopic (exact) mass is 251 g/mol. The summed E-state index contributed by atoms with van der Waals surface area (Å²) in [5, 5.41) is 4.64. The lowest BCUT2D eigenvalue weighted by Gasteiger charge is -2.10. The summed E-state index contributed by atoms with van der Waals surface area (Å²) >= 11 is 0. The normalized spacial score (nSPS) is 17.1. The second kappa shape index (κ2) is 4.27. The van der Waals surface area contributed by atoms with Crippen LogP contribution in [0.1, 0.15) is 25.0 Å². The van der Waals surface area contributed by atoms with Crippen LogP contribution in [0.25, 0.3) is 5.57 Å². The Hall–Kier alpha value is -1.13. The number of rotatable bonds is 3. The Bertz CT molecular complexity index is 571. The van der Waals surface area contributed by atoms with Crippen LogP contribution < -0.4 is 5.32 Å². The minimum absolute atomic E-state index is 0.340. The van der Waals surface area contributed by atoms with E-state index in [-0.39, 0.29) is 0 Å². The lowest BCUT2D eigenvalue weighted by Crippen LogP contribution is -2.24. The predicted octanol–water partition coefficient (Wildman–Crippen LogP) is 2.12. The maximum Gasteiger partial charge on any atom is 0.201 e. The Morgan fingerprint density at radius 2 is 2.00 bits per heavy atom. The van der Waals surface area contributed by atoms with Gasteiger partial charge in [0, 0.05) is 18.0 Å². The Labute approximate surface area is 102 Å². The zero-order valence-corrected chi connectivity index (χ0v) is 11.1. The Balaban J connectivity index is 2.44. The second-order valence-electron chi connectivity index (χ2n) is 4.68. The van der Waals surface area contributed by atoms with E-state index in [0.717, 1.165) is 16.7 Å². The van der Waals surface area contributed by atoms with E-state index >= 15 is 0 Å². The van der Waals surface area contributed by atoms with Crippen LogP contribution in [0.2, 0.25) is 0 Å². The van der Waals surface area contributed by atoms with Crippen LogP contribution in [0.15, 0.2) is 28.5 Å². The van der Waals surface area contributed by atoms with Gasteiger partial charge in [-0.2, -0.15) is 0 Å². The molecule has 0 aliphatic carbocycles. The first-order valence-electron chi connectivity index (χ1n) is 5.71. The van der Waals surface area contributed by atoms with Gasteiger partial charge < -0.3 is 5.32 Å². The first-order chi connectivity index (χ1) is 7.92. The molecule has 0 spiro atoms. The van der Waals surface area contributed by atoms with Crippen LogP contribution in [-0.2, 0) is 9.84 Å². The molecular weight excluding hydrogens is 234 g/mol. The summed E-state index contributed by atoms with van der Waals surface area (Å²) in [6.45, 7) is 6.51. The van der Waals surface area contributed by atoms with Crippen molar-refractivity contribution in [2.45, 2.75) is 31.7 Å². The summed E-state index contributed by atoms with van der Waals surface area (Å²) in [6, 6.07) is 5.95. The van der Waals surface area contributed by atoms with Crippen LogP contribution in [-0.4, -0.2) is 21.0 Å². The minimum atomic E-state index is -3.24. The number of aryl methyl sites for hydroxylation is 1. The summed E-state index contributed by atoms with van der Waals surface area (Å²) in [6.07, 6.45) is 0. The lowest BCUT2D eigenvalue weighted by atomic mass is 10.0. The molecule has 1 heterocycles. The van der Waals surface area contributed by atoms with Crippen LogP contribution in [0.3, 0.4) is 0 Å². The molecule has 0 bridgehead atoms. The Morgan fingerprint density at radius 3 is 2.65 bits per heavy atom. The molecule has 17 heavy (non-hydrogen) atoms. The predicted molar refractivity (Wildman–Crippen MR) is 69.5 cm³/mol. The van der Waals surface area contributed by atoms with Crippen LogP contribution in [0.4, 0.5) is 0 Å². The summed E-state index contributed by atoms with van der Waals surface area (Å²) in [5.41, 5.74) is 2.52. The molecule has 0 amide bonds. The van der Waals surface area contributed by atoms with E-state index in [1.165, 1.54) is 5.41 Å². The fraction of sp³-hybridized carbons (Fsp3) is 0.385. The van der Waals surface area contributed by atoms with E-state index in [1.54, 1.807) is 0 Å². The zero-order valence-electron chi connectivity index (χ0n) is 10.3. The molecule has 0 radical (unpaired) electrons. The summed E-state index contributed by atoms with van der Waals surface area (Å²) in [7, 11) is -3.24. The van der Waals surface area contributed by atoms with Crippen molar-refractivity contribution in [1.29, 1.82) is 0 Å². The topological polar surface area (TPSA) is 46.2 Å². The van der Waals surface area contributed by atoms with Crippen molar-refractivity contribution < 1.29 is 8.42 Å². The molecule has 3 nitrogen and oxygen atoms in total. The average Bonchev–Trinajstić information content (AvgIpc) is 2.49. The van der Waals surface area contributed by atoms with Crippen LogP contribution in [0, 0.1) is 6.92 Å². The number of hydrogen-bond donors (Lipinski definition) is 1. The SMILES string of the molecule is Cc1cccc2c1S(=O)(=O)C=C2CNC(C)C. The van der Waals surface area contributed by atoms with Crippen molar-refractivity contribution in [2.75, 3.05) is 6.54 Å². The second-order valence-corrected chi connectivity index (χ2v) is 6.41. The number of hydrogen-bond acceptors (Lipinski definition) is 3. The first kappa shape index (κ1) is 12.3. The number of nitrogens with one attached hydrogen (secondary N) is 1. The van der Waals surface area contributed by atoms with Crippen LogP contribution >= 0.6 is 0 Å². The van der Waals surface area contributed by atoms with Gasteiger partial charge >= 0.3 is 0 Å². The molecule has 0 atom stereocenters. The van der Waals surface area contributed by atoms with Crippen molar-refractivity contribution in [2.24, 2.45) is 0 Å². The van der Waals surface area contributed by atoms with Gasteiger partial charge in [-0.25, -0.2) is 8.42 Å². The zero-order chi connectivity index (χ0) is 12.6. The van der Waals surface area contributed by atoms with Gasteiger partial charge in [0.25, 0.3) is 0 Å². The van der Waals surface area contributed by atoms with E-state index in [2.05, 4.69) is 5.32 Å². The van der Waals surface area contributed by atoms with Gasteiger partial charge in [0.05, 0.1) is 4.90 Å². The van der Waals surface area contributed by atoms with E-state index in [1.807, 2.05) is 39.0 Å². The number of sulfone groups is 1. The van der Waals surface area contributed by atoms with Gasteiger partial charge in [0.2, 0.25) is 9.84 Å². The molecule has 1 aliphatic heterocycles. The van der Waals surface area contributed by atoms with Crippen molar-refractivity contribution in [3.05, 3.63) is 34.7 Å². The van der Waals surface area contributed by atoms with Gasteiger partial charge in [0.1, 0.15) is 0 Å². The highest BCUT2D eigenvalue weighted by Gasteiger charge is 2.27. The molecule has 0 unspecified atom stereocenters. The minimum Gasteiger partial charge on any atom is -0.310 e. The Morgan fingerprint density at radius 1 is 1.29 bits per heavy atom. The quantitative estimate of drug-likeness (QED) is 0.895. The Kier molecular flexibility index (Phi) is 3.10. The number of benzene rings is 1. The standard InChI is InChI=1S/C13H17NO2S/c1-9(2)14-7-11-8-17(15,16)13-10(3)5-4-6-12(11)13/h4-6,8-9,14H,7H2,1-3H3. The summed E-state index contributed by atoms with van der Waals surface area (Å²) in [5.74, 6) is 0. The van der Waals surface area contributed by atoms with Crippen molar-refractivity contribution in [3.8, 4) is 0 Å². The van der Waals surface area contributed by atoms with Crippen molar-refractivity contribution >= 4 is 15.4 Å². The fourth-order valence-electron chi connectivity index (χ4n) is 2.04. The van der Waals surface area contributed by atoms with Gasteiger partial charge in [-0.1, -0.05) is 32.0 Å². The van der Waals surface area contributed by atoms with Gasteiger partial charge in [0.15, 0.2) is 0 Å². The molecular formula is C13H17NO2S. The third-order valence-corrected chi connectivity index (χ3v) is 4.55. The maximum absolute atomic E-state index is 12.0. The van der Waals surface area contributed by atoms with Crippen molar-refractivity contribution in [3.63, 3.8) is 0 Å². The first-order valence-corrected chi connectivity index (χ1v) is 7.25. The molecule has 1 N–H and O–H groups in total. The molecule has 0 saturated heterocycles. The highest BCUT2D eigenvalue weighted by Crippen LogP contribution is 2.34.